The Morgan fingerprint density at radius 2 is 2.07 bits per heavy atom. The minimum absolute atomic E-state index is 0.0267. The van der Waals surface area contributed by atoms with Gasteiger partial charge >= 0.3 is 0 Å². The van der Waals surface area contributed by atoms with Crippen LogP contribution in [0.1, 0.15) is 12.7 Å². The highest BCUT2D eigenvalue weighted by Crippen LogP contribution is 2.29. The first-order valence-corrected chi connectivity index (χ1v) is 9.32. The maximum Gasteiger partial charge on any atom is 0.182 e. The number of benzene rings is 2. The Morgan fingerprint density at radius 3 is 2.78 bits per heavy atom. The molecule has 1 N–H and O–H groups in total. The van der Waals surface area contributed by atoms with Gasteiger partial charge in [0.05, 0.1) is 16.7 Å². The Kier molecular flexibility index (Phi) is 6.12. The van der Waals surface area contributed by atoms with Crippen molar-refractivity contribution < 1.29 is 4.39 Å². The molecule has 0 aliphatic heterocycles. The number of rotatable bonds is 5. The second-order valence-electron chi connectivity index (χ2n) is 5.39. The van der Waals surface area contributed by atoms with Crippen LogP contribution in [0.3, 0.4) is 0 Å². The Balaban J connectivity index is 2.17. The fourth-order valence-electron chi connectivity index (χ4n) is 2.34. The van der Waals surface area contributed by atoms with Crippen molar-refractivity contribution in [3.63, 3.8) is 0 Å². The summed E-state index contributed by atoms with van der Waals surface area (Å²) in [6.45, 7) is 5.36. The third kappa shape index (κ3) is 4.48. The molecule has 0 aliphatic carbocycles. The molecule has 0 atom stereocenters. The number of anilines is 2. The van der Waals surface area contributed by atoms with Crippen LogP contribution >= 0.6 is 34.2 Å². The highest BCUT2D eigenvalue weighted by molar-refractivity contribution is 14.1. The lowest BCUT2D eigenvalue weighted by Crippen LogP contribution is -2.01. The van der Waals surface area contributed by atoms with Crippen LogP contribution in [-0.4, -0.2) is 22.9 Å². The van der Waals surface area contributed by atoms with E-state index in [1.165, 1.54) is 12.1 Å². The molecule has 0 spiro atoms. The average molecular weight is 494 g/mol. The molecule has 3 rings (SSSR count). The van der Waals surface area contributed by atoms with Crippen LogP contribution < -0.4 is 5.32 Å². The van der Waals surface area contributed by atoms with E-state index >= 15 is 0 Å². The summed E-state index contributed by atoms with van der Waals surface area (Å²) in [7, 11) is 0. The Labute approximate surface area is 174 Å². The fourth-order valence-corrected chi connectivity index (χ4v) is 3.01. The second kappa shape index (κ2) is 8.53. The molecule has 8 heteroatoms. The van der Waals surface area contributed by atoms with Gasteiger partial charge in [0.1, 0.15) is 17.3 Å². The zero-order chi connectivity index (χ0) is 19.4. The molecule has 0 aliphatic rings. The van der Waals surface area contributed by atoms with Gasteiger partial charge in [-0.2, -0.15) is 0 Å². The van der Waals surface area contributed by atoms with E-state index in [4.69, 9.17) is 11.6 Å². The topological polar surface area (TPSA) is 62.5 Å². The van der Waals surface area contributed by atoms with E-state index in [9.17, 15) is 4.39 Å². The van der Waals surface area contributed by atoms with Gasteiger partial charge in [0.25, 0.3) is 0 Å². The van der Waals surface area contributed by atoms with Gasteiger partial charge in [0.2, 0.25) is 0 Å². The van der Waals surface area contributed by atoms with Crippen molar-refractivity contribution in [3.8, 4) is 0 Å². The van der Waals surface area contributed by atoms with Crippen molar-refractivity contribution in [1.82, 2.24) is 9.97 Å². The van der Waals surface area contributed by atoms with Gasteiger partial charge in [0.15, 0.2) is 5.82 Å². The average Bonchev–Trinajstić information content (AvgIpc) is 2.66. The van der Waals surface area contributed by atoms with Crippen LogP contribution in [0, 0.1) is 9.39 Å². The van der Waals surface area contributed by atoms with Crippen molar-refractivity contribution in [2.75, 3.05) is 5.32 Å². The molecule has 27 heavy (non-hydrogen) atoms. The molecule has 0 radical (unpaired) electrons. The van der Waals surface area contributed by atoms with Crippen LogP contribution in [-0.2, 0) is 0 Å². The van der Waals surface area contributed by atoms with E-state index in [1.54, 1.807) is 25.4 Å². The zero-order valence-electron chi connectivity index (χ0n) is 14.2. The summed E-state index contributed by atoms with van der Waals surface area (Å²) in [5, 5.41) is 4.02. The molecular formula is C19H14ClFIN5. The molecule has 0 bridgehead atoms. The summed E-state index contributed by atoms with van der Waals surface area (Å²) in [5.74, 6) is 0.440. The number of nitrogens with zero attached hydrogens (tertiary/aromatic N) is 4. The molecule has 1 heterocycles. The molecule has 0 amide bonds. The first kappa shape index (κ1) is 19.4. The number of fused-ring (bicyclic) bond motifs is 1. The smallest absolute Gasteiger partial charge is 0.182 e. The number of hydrogen-bond acceptors (Lipinski definition) is 5. The molecule has 0 saturated heterocycles. The summed E-state index contributed by atoms with van der Waals surface area (Å²) in [4.78, 5) is 17.2. The fraction of sp³-hybridized carbons (Fsp3) is 0.0526. The predicted molar refractivity (Wildman–Crippen MR) is 119 cm³/mol. The van der Waals surface area contributed by atoms with Crippen molar-refractivity contribution in [3.05, 3.63) is 62.8 Å². The molecule has 0 fully saturated rings. The van der Waals surface area contributed by atoms with Crippen LogP contribution in [0.5, 0.6) is 0 Å². The molecule has 1 aromatic heterocycles. The van der Waals surface area contributed by atoms with Crippen LogP contribution in [0.25, 0.3) is 16.6 Å². The number of aliphatic imine (C=N–C) groups is 2. The van der Waals surface area contributed by atoms with Crippen LogP contribution in [0.2, 0.25) is 5.02 Å². The lowest BCUT2D eigenvalue weighted by atomic mass is 10.2. The van der Waals surface area contributed by atoms with E-state index < -0.39 is 5.82 Å². The van der Waals surface area contributed by atoms with E-state index in [2.05, 4.69) is 54.6 Å². The maximum absolute atomic E-state index is 13.5. The minimum Gasteiger partial charge on any atom is -0.340 e. The quantitative estimate of drug-likeness (QED) is 0.358. The lowest BCUT2D eigenvalue weighted by Gasteiger charge is -2.12. The van der Waals surface area contributed by atoms with Gasteiger partial charge in [-0.25, -0.2) is 14.4 Å². The number of nitrogens with one attached hydrogen (secondary N) is 1. The van der Waals surface area contributed by atoms with E-state index in [1.807, 2.05) is 18.2 Å². The van der Waals surface area contributed by atoms with Gasteiger partial charge in [-0.3, -0.25) is 9.98 Å². The molecule has 0 saturated carbocycles. The van der Waals surface area contributed by atoms with Crippen molar-refractivity contribution in [2.45, 2.75) is 6.92 Å². The number of halogens is 3. The monoisotopic (exact) mass is 493 g/mol. The van der Waals surface area contributed by atoms with Crippen LogP contribution in [0.4, 0.5) is 15.9 Å². The normalized spacial score (nSPS) is 11.9. The summed E-state index contributed by atoms with van der Waals surface area (Å²) in [6.07, 6.45) is 3.17. The highest BCUT2D eigenvalue weighted by atomic mass is 127. The molecule has 2 aromatic carbocycles. The summed E-state index contributed by atoms with van der Waals surface area (Å²) < 4.78 is 14.5. The molecule has 0 unspecified atom stereocenters. The zero-order valence-corrected chi connectivity index (χ0v) is 17.2. The lowest BCUT2D eigenvalue weighted by molar-refractivity contribution is 0.628. The second-order valence-corrected chi connectivity index (χ2v) is 7.04. The number of hydrogen-bond donors (Lipinski definition) is 1. The van der Waals surface area contributed by atoms with Gasteiger partial charge in [-0.15, -0.1) is 0 Å². The van der Waals surface area contributed by atoms with Crippen LogP contribution in [0.15, 0.2) is 52.6 Å². The Morgan fingerprint density at radius 1 is 1.26 bits per heavy atom. The third-order valence-corrected chi connectivity index (χ3v) is 4.55. The van der Waals surface area contributed by atoms with Crippen molar-refractivity contribution in [2.24, 2.45) is 9.98 Å². The van der Waals surface area contributed by atoms with Gasteiger partial charge in [0, 0.05) is 20.9 Å². The number of aromatic nitrogens is 2. The van der Waals surface area contributed by atoms with Gasteiger partial charge < -0.3 is 5.32 Å². The third-order valence-electron chi connectivity index (χ3n) is 3.59. The maximum atomic E-state index is 13.5. The largest absolute Gasteiger partial charge is 0.340 e. The van der Waals surface area contributed by atoms with Crippen molar-refractivity contribution >= 4 is 75.2 Å². The highest BCUT2D eigenvalue weighted by Gasteiger charge is 2.12. The van der Waals surface area contributed by atoms with E-state index in [-0.39, 0.29) is 5.02 Å². The predicted octanol–water partition coefficient (Wildman–Crippen LogP) is 5.86. The summed E-state index contributed by atoms with van der Waals surface area (Å²) in [6, 6.07) is 10.2. The Bertz CT molecular complexity index is 1080. The first-order chi connectivity index (χ1) is 13.0. The minimum atomic E-state index is -0.483. The Hall–Kier alpha value is -2.39. The molecule has 3 aromatic rings. The molecule has 5 nitrogen and oxygen atoms in total. The molecule has 136 valence electrons. The van der Waals surface area contributed by atoms with Gasteiger partial charge in [-0.05, 0) is 72.6 Å². The summed E-state index contributed by atoms with van der Waals surface area (Å²) in [5.41, 5.74) is 1.77. The standard InChI is InChI=1S/C19H14ClFIN5/c1-3-24-10-17(23-2)19-26-16-7-4-11(22)8-13(16)18(27-19)25-12-5-6-15(21)14(20)9-12/h3-10H,2H2,1H3,(H,25,26,27)/b17-10-,24-3-. The van der Waals surface area contributed by atoms with E-state index in [0.717, 1.165) is 14.5 Å². The summed E-state index contributed by atoms with van der Waals surface area (Å²) >= 11 is 8.11. The molecular weight excluding hydrogens is 480 g/mol. The van der Waals surface area contributed by atoms with Crippen molar-refractivity contribution in [1.29, 1.82) is 0 Å². The van der Waals surface area contributed by atoms with Gasteiger partial charge in [-0.1, -0.05) is 11.6 Å². The van der Waals surface area contributed by atoms with E-state index in [0.29, 0.717) is 23.0 Å². The first-order valence-electron chi connectivity index (χ1n) is 7.86. The SMILES string of the molecule is C=N/C(=C\N=C/C)c1nc(Nc2ccc(F)c(Cl)c2)c2cc(I)ccc2n1.